The number of ether oxygens (including phenoxy) is 1. The molecule has 2 aliphatic heterocycles. The highest BCUT2D eigenvalue weighted by Gasteiger charge is 2.44. The van der Waals surface area contributed by atoms with Crippen molar-refractivity contribution in [3.8, 4) is 5.75 Å². The molecular formula is C26H35N3O2. The monoisotopic (exact) mass is 421 g/mol. The third-order valence-electron chi connectivity index (χ3n) is 6.60. The fraction of sp³-hybridized carbons (Fsp3) is 0.500. The second-order valence-electron chi connectivity index (χ2n) is 9.05. The molecule has 166 valence electrons. The van der Waals surface area contributed by atoms with Crippen LogP contribution in [0.2, 0.25) is 0 Å². The number of rotatable bonds is 6. The summed E-state index contributed by atoms with van der Waals surface area (Å²) in [5, 5.41) is 3.79. The molecular weight excluding hydrogens is 386 g/mol. The van der Waals surface area contributed by atoms with Crippen LogP contribution >= 0.6 is 0 Å². The number of carbonyl (C=O) groups excluding carboxylic acids is 1. The maximum Gasteiger partial charge on any atom is 0.254 e. The van der Waals surface area contributed by atoms with E-state index in [9.17, 15) is 4.79 Å². The van der Waals surface area contributed by atoms with Gasteiger partial charge in [-0.2, -0.15) is 0 Å². The highest BCUT2D eigenvalue weighted by atomic mass is 16.5. The summed E-state index contributed by atoms with van der Waals surface area (Å²) in [6, 6.07) is 18.9. The molecule has 0 saturated carbocycles. The minimum Gasteiger partial charge on any atom is -0.492 e. The Morgan fingerprint density at radius 3 is 2.58 bits per heavy atom. The van der Waals surface area contributed by atoms with Crippen LogP contribution in [0.1, 0.15) is 47.5 Å². The van der Waals surface area contributed by atoms with Crippen molar-refractivity contribution < 1.29 is 9.53 Å². The molecule has 2 heterocycles. The molecule has 31 heavy (non-hydrogen) atoms. The Kier molecular flexibility index (Phi) is 7.25. The largest absolute Gasteiger partial charge is 0.492 e. The van der Waals surface area contributed by atoms with Gasteiger partial charge in [-0.05, 0) is 63.3 Å². The maximum absolute atomic E-state index is 13.5. The van der Waals surface area contributed by atoms with Crippen LogP contribution in [0.5, 0.6) is 5.75 Å². The highest BCUT2D eigenvalue weighted by Crippen LogP contribution is 2.36. The predicted octanol–water partition coefficient (Wildman–Crippen LogP) is 3.77. The first-order valence-electron chi connectivity index (χ1n) is 11.6. The first-order valence-corrected chi connectivity index (χ1v) is 11.6. The van der Waals surface area contributed by atoms with Gasteiger partial charge in [-0.1, -0.05) is 43.2 Å². The lowest BCUT2D eigenvalue weighted by Gasteiger charge is -2.31. The van der Waals surface area contributed by atoms with E-state index in [-0.39, 0.29) is 11.9 Å². The Hall–Kier alpha value is -2.37. The summed E-state index contributed by atoms with van der Waals surface area (Å²) < 4.78 is 5.79. The SMILES string of the molecule is CN(C)CCOc1ccc(C(=O)N2C[C@@H](c3ccccc3)[C@@H]3NCCCCC[C@@H]32)cc1. The number of nitrogens with one attached hydrogen (secondary N) is 1. The van der Waals surface area contributed by atoms with Crippen LogP contribution in [0.25, 0.3) is 0 Å². The molecule has 5 nitrogen and oxygen atoms in total. The van der Waals surface area contributed by atoms with Crippen LogP contribution in [-0.4, -0.2) is 68.1 Å². The van der Waals surface area contributed by atoms with Gasteiger partial charge in [-0.3, -0.25) is 4.79 Å². The lowest BCUT2D eigenvalue weighted by molar-refractivity contribution is 0.0713. The molecule has 0 bridgehead atoms. The van der Waals surface area contributed by atoms with Crippen LogP contribution in [0, 0.1) is 0 Å². The Morgan fingerprint density at radius 1 is 1.06 bits per heavy atom. The van der Waals surface area contributed by atoms with E-state index in [0.29, 0.717) is 18.6 Å². The van der Waals surface area contributed by atoms with Gasteiger partial charge in [0.05, 0.1) is 0 Å². The van der Waals surface area contributed by atoms with Crippen LogP contribution < -0.4 is 10.1 Å². The summed E-state index contributed by atoms with van der Waals surface area (Å²) in [5.74, 6) is 1.28. The van der Waals surface area contributed by atoms with E-state index in [1.165, 1.54) is 24.8 Å². The van der Waals surface area contributed by atoms with E-state index in [1.807, 2.05) is 38.4 Å². The molecule has 0 spiro atoms. The van der Waals surface area contributed by atoms with Crippen LogP contribution in [-0.2, 0) is 0 Å². The van der Waals surface area contributed by atoms with Gasteiger partial charge in [-0.25, -0.2) is 0 Å². The van der Waals surface area contributed by atoms with Crippen molar-refractivity contribution in [3.63, 3.8) is 0 Å². The number of hydrogen-bond donors (Lipinski definition) is 1. The van der Waals surface area contributed by atoms with Crippen molar-refractivity contribution in [2.45, 2.75) is 43.7 Å². The molecule has 0 radical (unpaired) electrons. The van der Waals surface area contributed by atoms with Gasteiger partial charge >= 0.3 is 0 Å². The highest BCUT2D eigenvalue weighted by molar-refractivity contribution is 5.95. The lowest BCUT2D eigenvalue weighted by atomic mass is 9.88. The van der Waals surface area contributed by atoms with E-state index in [4.69, 9.17) is 4.74 Å². The molecule has 4 rings (SSSR count). The summed E-state index contributed by atoms with van der Waals surface area (Å²) in [6.45, 7) is 3.31. The second kappa shape index (κ2) is 10.3. The number of likely N-dealkylation sites (N-methyl/N-ethyl adjacent to an activating group) is 1. The van der Waals surface area contributed by atoms with E-state index in [1.54, 1.807) is 0 Å². The number of fused-ring (bicyclic) bond motifs is 1. The third-order valence-corrected chi connectivity index (χ3v) is 6.60. The van der Waals surface area contributed by atoms with Crippen LogP contribution in [0.3, 0.4) is 0 Å². The topological polar surface area (TPSA) is 44.8 Å². The van der Waals surface area contributed by atoms with Crippen molar-refractivity contribution in [3.05, 3.63) is 65.7 Å². The maximum atomic E-state index is 13.5. The van der Waals surface area contributed by atoms with Crippen molar-refractivity contribution in [1.82, 2.24) is 15.1 Å². The zero-order chi connectivity index (χ0) is 21.6. The Morgan fingerprint density at radius 2 is 1.84 bits per heavy atom. The molecule has 2 fully saturated rings. The molecule has 2 aliphatic rings. The average molecular weight is 422 g/mol. The van der Waals surface area contributed by atoms with Crippen LogP contribution in [0.15, 0.2) is 54.6 Å². The number of nitrogens with zero attached hydrogens (tertiary/aromatic N) is 2. The van der Waals surface area contributed by atoms with Gasteiger partial charge in [0.2, 0.25) is 0 Å². The van der Waals surface area contributed by atoms with Crippen molar-refractivity contribution in [2.24, 2.45) is 0 Å². The normalized spacial score (nSPS) is 23.8. The molecule has 0 aromatic heterocycles. The fourth-order valence-corrected chi connectivity index (χ4v) is 4.91. The Bertz CT molecular complexity index is 837. The molecule has 2 saturated heterocycles. The number of amides is 1. The van der Waals surface area contributed by atoms with E-state index < -0.39 is 0 Å². The van der Waals surface area contributed by atoms with Crippen molar-refractivity contribution in [2.75, 3.05) is 40.3 Å². The third kappa shape index (κ3) is 5.28. The molecule has 1 N–H and O–H groups in total. The average Bonchev–Trinajstić information content (AvgIpc) is 3.11. The predicted molar refractivity (Wildman–Crippen MR) is 125 cm³/mol. The van der Waals surface area contributed by atoms with Crippen molar-refractivity contribution >= 4 is 5.91 Å². The van der Waals surface area contributed by atoms with E-state index in [0.717, 1.165) is 37.4 Å². The van der Waals surface area contributed by atoms with Gasteiger partial charge in [-0.15, -0.1) is 0 Å². The van der Waals surface area contributed by atoms with E-state index in [2.05, 4.69) is 45.4 Å². The van der Waals surface area contributed by atoms with Gasteiger partial charge in [0, 0.05) is 36.7 Å². The fourth-order valence-electron chi connectivity index (χ4n) is 4.91. The Balaban J connectivity index is 1.50. The minimum absolute atomic E-state index is 0.135. The molecule has 5 heteroatoms. The minimum atomic E-state index is 0.135. The van der Waals surface area contributed by atoms with E-state index >= 15 is 0 Å². The van der Waals surface area contributed by atoms with Crippen molar-refractivity contribution in [1.29, 1.82) is 0 Å². The smallest absolute Gasteiger partial charge is 0.254 e. The summed E-state index contributed by atoms with van der Waals surface area (Å²) in [7, 11) is 4.06. The first-order chi connectivity index (χ1) is 15.1. The number of likely N-dealkylation sites (tertiary alicyclic amines) is 1. The van der Waals surface area contributed by atoms with Gasteiger partial charge in [0.25, 0.3) is 5.91 Å². The summed E-state index contributed by atoms with van der Waals surface area (Å²) in [6.07, 6.45) is 4.70. The molecule has 0 unspecified atom stereocenters. The molecule has 0 aliphatic carbocycles. The molecule has 1 amide bonds. The molecule has 2 aromatic carbocycles. The number of hydrogen-bond acceptors (Lipinski definition) is 4. The Labute approximate surface area is 186 Å². The number of carbonyl (C=O) groups is 1. The van der Waals surface area contributed by atoms with Crippen LogP contribution in [0.4, 0.5) is 0 Å². The van der Waals surface area contributed by atoms with Gasteiger partial charge < -0.3 is 19.9 Å². The summed E-state index contributed by atoms with van der Waals surface area (Å²) in [4.78, 5) is 17.8. The molecule has 2 aromatic rings. The standard InChI is InChI=1S/C26H35N3O2/c1-28(2)17-18-31-22-14-12-21(13-15-22)26(30)29-19-23(20-9-5-3-6-10-20)25-24(29)11-7-4-8-16-27-25/h3,5-6,9-10,12-15,23-25,27H,4,7-8,11,16-19H2,1-2H3/t23-,24-,25-/m0/s1. The molecule has 3 atom stereocenters. The zero-order valence-electron chi connectivity index (χ0n) is 18.8. The number of benzene rings is 2. The quantitative estimate of drug-likeness (QED) is 0.771. The first kappa shape index (κ1) is 21.8. The van der Waals surface area contributed by atoms with Gasteiger partial charge in [0.15, 0.2) is 0 Å². The van der Waals surface area contributed by atoms with Gasteiger partial charge in [0.1, 0.15) is 12.4 Å². The second-order valence-corrected chi connectivity index (χ2v) is 9.05. The summed E-state index contributed by atoms with van der Waals surface area (Å²) >= 11 is 0. The lowest BCUT2D eigenvalue weighted by Crippen LogP contribution is -2.47. The zero-order valence-corrected chi connectivity index (χ0v) is 18.8. The summed E-state index contributed by atoms with van der Waals surface area (Å²) in [5.41, 5.74) is 2.07.